The monoisotopic (exact) mass is 470 g/mol. The molecular formula is C21H51LiO3Si4. The van der Waals surface area contributed by atoms with E-state index in [9.17, 15) is 0 Å². The molecule has 0 aromatic heterocycles. The molecule has 3 heterocycles. The molecular weight excluding hydrogens is 420 g/mol. The van der Waals surface area contributed by atoms with Gasteiger partial charge in [-0.15, -0.1) is 22.8 Å². The molecule has 29 heavy (non-hydrogen) atoms. The third kappa shape index (κ3) is 18.6. The summed E-state index contributed by atoms with van der Waals surface area (Å²) in [5.74, 6) is 0. The van der Waals surface area contributed by atoms with E-state index in [1.165, 1.54) is 38.5 Å². The minimum Gasteiger partial charge on any atom is -0.381 e. The van der Waals surface area contributed by atoms with Crippen LogP contribution in [0.2, 0.25) is 58.9 Å². The zero-order valence-electron chi connectivity index (χ0n) is 21.7. The molecule has 0 atom stereocenters. The van der Waals surface area contributed by atoms with E-state index in [4.69, 9.17) is 14.2 Å². The Kier molecular flexibility index (Phi) is 19.0. The second-order valence-corrected chi connectivity index (χ2v) is 47.8. The predicted molar refractivity (Wildman–Crippen MR) is 136 cm³/mol. The number of hydrogen-bond acceptors (Lipinski definition) is 3. The Morgan fingerprint density at radius 2 is 0.586 bits per heavy atom. The van der Waals surface area contributed by atoms with E-state index >= 15 is 0 Å². The van der Waals surface area contributed by atoms with Crippen molar-refractivity contribution in [3.8, 4) is 0 Å². The summed E-state index contributed by atoms with van der Waals surface area (Å²) in [6, 6.07) is 0. The minimum atomic E-state index is -0.832. The summed E-state index contributed by atoms with van der Waals surface area (Å²) in [7, 11) is -2.47. The molecule has 3 rings (SSSR count). The molecule has 0 radical (unpaired) electrons. The maximum Gasteiger partial charge on any atom is 1.00 e. The van der Waals surface area contributed by atoms with E-state index in [0.717, 1.165) is 39.6 Å². The van der Waals surface area contributed by atoms with Gasteiger partial charge in [-0.25, -0.2) is 0 Å². The van der Waals surface area contributed by atoms with Gasteiger partial charge < -0.3 is 14.2 Å². The zero-order chi connectivity index (χ0) is 21.7. The van der Waals surface area contributed by atoms with Crippen molar-refractivity contribution in [3.05, 3.63) is 0 Å². The second kappa shape index (κ2) is 16.9. The third-order valence-corrected chi connectivity index (χ3v) is 63.2. The van der Waals surface area contributed by atoms with Gasteiger partial charge in [0.05, 0.1) is 0 Å². The maximum absolute atomic E-state index is 4.94. The van der Waals surface area contributed by atoms with Crippen molar-refractivity contribution in [1.29, 1.82) is 0 Å². The molecule has 8 heteroatoms. The van der Waals surface area contributed by atoms with Crippen molar-refractivity contribution in [2.45, 2.75) is 97.4 Å². The van der Waals surface area contributed by atoms with Gasteiger partial charge >= 0.3 is 18.9 Å². The third-order valence-electron chi connectivity index (χ3n) is 4.73. The van der Waals surface area contributed by atoms with Gasteiger partial charge in [0.1, 0.15) is 0 Å². The Balaban J connectivity index is 0. The molecule has 3 aliphatic rings. The molecule has 3 aliphatic heterocycles. The van der Waals surface area contributed by atoms with E-state index in [2.05, 4.69) is 58.9 Å². The summed E-state index contributed by atoms with van der Waals surface area (Å²) in [4.78, 5) is 0. The summed E-state index contributed by atoms with van der Waals surface area (Å²) < 4.78 is 14.8. The van der Waals surface area contributed by atoms with Gasteiger partial charge in [0, 0.05) is 39.6 Å². The quantitative estimate of drug-likeness (QED) is 0.593. The van der Waals surface area contributed by atoms with Crippen LogP contribution in [0.15, 0.2) is 0 Å². The average molecular weight is 471 g/mol. The van der Waals surface area contributed by atoms with Gasteiger partial charge in [0.2, 0.25) is 0 Å². The van der Waals surface area contributed by atoms with Crippen LogP contribution in [-0.4, -0.2) is 69.8 Å². The number of hydrogen-bond donors (Lipinski definition) is 0. The fourth-order valence-electron chi connectivity index (χ4n) is 4.91. The molecule has 170 valence electrons. The van der Waals surface area contributed by atoms with Gasteiger partial charge in [0.25, 0.3) is 0 Å². The van der Waals surface area contributed by atoms with Crippen molar-refractivity contribution in [3.63, 3.8) is 0 Å². The molecule has 0 N–H and O–H groups in total. The minimum absolute atomic E-state index is 0. The summed E-state index contributed by atoms with van der Waals surface area (Å²) in [6.45, 7) is 29.5. The topological polar surface area (TPSA) is 27.7 Å². The van der Waals surface area contributed by atoms with Crippen LogP contribution in [0, 0.1) is 0 Å². The fourth-order valence-corrected chi connectivity index (χ4v) is 92.7. The maximum atomic E-state index is 4.94. The molecule has 3 saturated heterocycles. The molecule has 0 saturated carbocycles. The van der Waals surface area contributed by atoms with E-state index in [-0.39, 0.29) is 26.2 Å². The van der Waals surface area contributed by atoms with Crippen molar-refractivity contribution in [2.75, 3.05) is 39.6 Å². The first-order valence-corrected chi connectivity index (χ1v) is 26.5. The van der Waals surface area contributed by atoms with Crippen molar-refractivity contribution >= 4 is 30.1 Å². The Morgan fingerprint density at radius 1 is 0.414 bits per heavy atom. The van der Waals surface area contributed by atoms with E-state index in [1.807, 2.05) is 0 Å². The molecule has 3 fully saturated rings. The molecule has 0 bridgehead atoms. The van der Waals surface area contributed by atoms with Gasteiger partial charge in [-0.3, -0.25) is 7.35 Å². The first-order valence-electron chi connectivity index (χ1n) is 11.5. The molecule has 3 nitrogen and oxygen atoms in total. The zero-order valence-corrected chi connectivity index (χ0v) is 25.7. The van der Waals surface area contributed by atoms with Crippen LogP contribution >= 0.6 is 0 Å². The van der Waals surface area contributed by atoms with Gasteiger partial charge in [-0.2, -0.15) is 0 Å². The summed E-state index contributed by atoms with van der Waals surface area (Å²) in [5.41, 5.74) is 0. The second-order valence-electron chi connectivity index (χ2n) is 11.1. The van der Waals surface area contributed by atoms with E-state index in [0.29, 0.717) is 0 Å². The van der Waals surface area contributed by atoms with E-state index < -0.39 is 22.8 Å². The Hall–Kier alpha value is 1.34. The summed E-state index contributed by atoms with van der Waals surface area (Å²) in [6.07, 6.45) is 7.67. The van der Waals surface area contributed by atoms with Gasteiger partial charge in [-0.1, -0.05) is 58.9 Å². The molecule has 0 amide bonds. The van der Waals surface area contributed by atoms with Gasteiger partial charge in [0.15, 0.2) is 0 Å². The Bertz CT molecular complexity index is 288. The van der Waals surface area contributed by atoms with Crippen LogP contribution in [0.4, 0.5) is 0 Å². The molecule has 0 aromatic rings. The van der Waals surface area contributed by atoms with Crippen LogP contribution in [0.25, 0.3) is 0 Å². The van der Waals surface area contributed by atoms with Crippen LogP contribution in [0.3, 0.4) is 0 Å². The molecule has 0 spiro atoms. The van der Waals surface area contributed by atoms with Crippen LogP contribution < -0.4 is 18.9 Å². The predicted octanol–water partition coefficient (Wildman–Crippen LogP) is 3.13. The molecule has 0 aliphatic carbocycles. The Labute approximate surface area is 199 Å². The SMILES string of the molecule is C1CCOC1.C1CCOC1.C1CCOC1.C[Si](C)(C)[Si-]([Si](C)(C)C)[Si](C)(C)C.[Li+]. The largest absolute Gasteiger partial charge is 1.00 e. The van der Waals surface area contributed by atoms with Crippen LogP contribution in [0.5, 0.6) is 0 Å². The van der Waals surface area contributed by atoms with Crippen molar-refractivity contribution in [2.24, 2.45) is 0 Å². The average Bonchev–Trinajstić information content (AvgIpc) is 3.30. The van der Waals surface area contributed by atoms with Gasteiger partial charge in [-0.05, 0) is 38.5 Å². The summed E-state index contributed by atoms with van der Waals surface area (Å²) >= 11 is 0. The van der Waals surface area contributed by atoms with Crippen molar-refractivity contribution < 1.29 is 33.1 Å². The standard InChI is InChI=1S/C9H27Si4.3C4H8O.Li/c1-11(2,3)10(12(4,5)6)13(7,8)9;3*1-2-4-5-3-1;/h1-9H3;3*1-4H2;/q-1;;;;+1. The number of ether oxygens (including phenoxy) is 3. The Morgan fingerprint density at radius 3 is 0.621 bits per heavy atom. The van der Waals surface area contributed by atoms with Crippen LogP contribution in [0.1, 0.15) is 38.5 Å². The van der Waals surface area contributed by atoms with Crippen LogP contribution in [-0.2, 0) is 14.2 Å². The first-order chi connectivity index (χ1) is 12.9. The van der Waals surface area contributed by atoms with Crippen molar-refractivity contribution in [1.82, 2.24) is 0 Å². The normalized spacial score (nSPS) is 19.2. The summed E-state index contributed by atoms with van der Waals surface area (Å²) in [5, 5.41) is 0. The smallest absolute Gasteiger partial charge is 0.381 e. The fraction of sp³-hybridized carbons (Fsp3) is 1.00. The molecule has 0 aromatic carbocycles. The molecule has 0 unspecified atom stereocenters. The first kappa shape index (κ1) is 32.5. The number of rotatable bonds is 3. The van der Waals surface area contributed by atoms with E-state index in [1.54, 1.807) is 0 Å².